The summed E-state index contributed by atoms with van der Waals surface area (Å²) < 4.78 is 22.4. The third-order valence-electron chi connectivity index (χ3n) is 6.51. The number of benzene rings is 3. The van der Waals surface area contributed by atoms with Gasteiger partial charge in [0.2, 0.25) is 5.43 Å². The molecule has 4 rings (SSSR count). The van der Waals surface area contributed by atoms with Crippen LogP contribution in [-0.2, 0) is 30.3 Å². The van der Waals surface area contributed by atoms with E-state index in [4.69, 9.17) is 69.9 Å². The number of hydrogen-bond acceptors (Lipinski definition) is 8. The van der Waals surface area contributed by atoms with Gasteiger partial charge in [-0.1, -0.05) is 60.3 Å². The molecular weight excluding hydrogens is 816 g/mol. The summed E-state index contributed by atoms with van der Waals surface area (Å²) in [6.07, 6.45) is 2.25. The fourth-order valence-electron chi connectivity index (χ4n) is 4.16. The Balaban J connectivity index is 0.00000180. The second kappa shape index (κ2) is 22.7. The molecule has 52 heavy (non-hydrogen) atoms. The van der Waals surface area contributed by atoms with Crippen LogP contribution in [-0.4, -0.2) is 43.6 Å². The van der Waals surface area contributed by atoms with Gasteiger partial charge in [0.05, 0.1) is 51.2 Å². The molecule has 9 nitrogen and oxygen atoms in total. The molecule has 0 fully saturated rings. The molecule has 0 spiro atoms. The molecule has 0 saturated carbocycles. The fraction of sp³-hybridized carbons (Fsp3) is 0.351. The third kappa shape index (κ3) is 13.1. The summed E-state index contributed by atoms with van der Waals surface area (Å²) in [5.41, 5.74) is 0.308. The summed E-state index contributed by atoms with van der Waals surface area (Å²) in [6, 6.07) is 10.6. The van der Waals surface area contributed by atoms with Gasteiger partial charge in [-0.2, -0.15) is 18.1 Å². The van der Waals surface area contributed by atoms with Crippen molar-refractivity contribution < 1.29 is 44.3 Å². The van der Waals surface area contributed by atoms with Crippen LogP contribution in [0.1, 0.15) is 64.2 Å². The van der Waals surface area contributed by atoms with Crippen molar-refractivity contribution in [2.24, 2.45) is 5.41 Å². The molecule has 1 amide bonds. The van der Waals surface area contributed by atoms with Crippen LogP contribution in [0, 0.1) is 30.6 Å². The van der Waals surface area contributed by atoms with E-state index in [1.165, 1.54) is 29.2 Å². The molecule has 1 aliphatic heterocycles. The number of rotatable bonds is 10. The maximum absolute atomic E-state index is 13.9. The van der Waals surface area contributed by atoms with Gasteiger partial charge in [-0.3, -0.25) is 14.4 Å². The molecule has 0 radical (unpaired) electrons. The Labute approximate surface area is 337 Å². The molecule has 0 aromatic heterocycles. The zero-order valence-corrected chi connectivity index (χ0v) is 34.7. The quantitative estimate of drug-likeness (QED) is 0.0294. The van der Waals surface area contributed by atoms with Crippen LogP contribution in [0.3, 0.4) is 0 Å². The molecule has 0 saturated heterocycles. The first kappa shape index (κ1) is 47.6. The van der Waals surface area contributed by atoms with E-state index in [-0.39, 0.29) is 94.5 Å². The maximum Gasteiger partial charge on any atom is 2.00 e. The van der Waals surface area contributed by atoms with Crippen molar-refractivity contribution in [2.45, 2.75) is 53.9 Å². The van der Waals surface area contributed by atoms with Gasteiger partial charge >= 0.3 is 22.5 Å². The summed E-state index contributed by atoms with van der Waals surface area (Å²) in [5, 5.41) is 9.36. The minimum Gasteiger partial charge on any atom is -0.456 e. The SMILES string of the molecule is CN(CCOPOCCC#N)C(=O)c1cc(Cl)c(Cl)cc1-c1c2cc(Cl)c(=O)cc-2oc2cc(OC(=O)C(C)(C)C)c(Cl)cc12.[CH2-]CC.[CH2-]CC.[Ni+2]. The van der Waals surface area contributed by atoms with Crippen LogP contribution >= 0.6 is 55.4 Å². The second-order valence-corrected chi connectivity index (χ2v) is 14.3. The molecule has 2 aromatic carbocycles. The standard InChI is InChI=1S/C31H27Cl4N2O7P.2C3H7.Ni/c1-31(2,3)30(40)44-27-15-26-19(13-23(27)35)28(18-12-22(34)24(38)14-25(18)43-26)16-10-20(32)21(33)11-17(16)29(39)37(4)7-9-42-45-41-8-5-6-36;2*1-3-2;/h10-15,45H,5,7-9H2,1-4H3;2*1,3H2,2H3;/q;2*-1;+2. The first-order valence-electron chi connectivity index (χ1n) is 15.9. The molecular formula is C37H41Cl4N2NiO7P. The monoisotopic (exact) mass is 854 g/mol. The van der Waals surface area contributed by atoms with E-state index in [1.807, 2.05) is 19.9 Å². The smallest absolute Gasteiger partial charge is 0.456 e. The Bertz CT molecular complexity index is 1890. The van der Waals surface area contributed by atoms with Crippen molar-refractivity contribution in [1.29, 1.82) is 5.26 Å². The molecule has 15 heteroatoms. The van der Waals surface area contributed by atoms with Crippen molar-refractivity contribution in [3.8, 4) is 34.3 Å². The number of amides is 1. The molecule has 2 aliphatic rings. The molecule has 0 N–H and O–H groups in total. The molecule has 2 aromatic rings. The van der Waals surface area contributed by atoms with Gasteiger partial charge in [0.15, 0.2) is 14.8 Å². The summed E-state index contributed by atoms with van der Waals surface area (Å²) in [7, 11) is 1.32. The molecule has 284 valence electrons. The topological polar surface area (TPSA) is 119 Å². The van der Waals surface area contributed by atoms with Gasteiger partial charge in [0.1, 0.15) is 11.3 Å². The van der Waals surface area contributed by atoms with E-state index in [0.717, 1.165) is 12.8 Å². The van der Waals surface area contributed by atoms with Crippen molar-refractivity contribution in [1.82, 2.24) is 4.90 Å². The van der Waals surface area contributed by atoms with Gasteiger partial charge in [-0.25, -0.2) is 0 Å². The molecule has 1 heterocycles. The summed E-state index contributed by atoms with van der Waals surface area (Å²) in [4.78, 5) is 40.5. The van der Waals surface area contributed by atoms with Crippen LogP contribution in [0.5, 0.6) is 5.75 Å². The number of carbonyl (C=O) groups is 2. The average Bonchev–Trinajstić information content (AvgIpc) is 3.05. The van der Waals surface area contributed by atoms with Crippen LogP contribution in [0.2, 0.25) is 20.1 Å². The van der Waals surface area contributed by atoms with Crippen LogP contribution in [0.25, 0.3) is 33.4 Å². The van der Waals surface area contributed by atoms with Gasteiger partial charge in [-0.05, 0) is 50.6 Å². The number of carbonyl (C=O) groups excluding carboxylic acids is 2. The number of nitriles is 1. The Morgan fingerprint density at radius 1 is 0.904 bits per heavy atom. The van der Waals surface area contributed by atoms with Crippen LogP contribution in [0.4, 0.5) is 0 Å². The normalized spacial score (nSPS) is 10.9. The van der Waals surface area contributed by atoms with E-state index < -0.39 is 22.7 Å². The minimum atomic E-state index is -0.810. The van der Waals surface area contributed by atoms with Crippen LogP contribution < -0.4 is 10.2 Å². The van der Waals surface area contributed by atoms with Gasteiger partial charge in [0.25, 0.3) is 5.91 Å². The largest absolute Gasteiger partial charge is 2.00 e. The van der Waals surface area contributed by atoms with Gasteiger partial charge < -0.3 is 36.9 Å². The number of hydrogen-bond donors (Lipinski definition) is 0. The molecule has 1 aliphatic carbocycles. The summed E-state index contributed by atoms with van der Waals surface area (Å²) in [6.45, 7) is 16.8. The number of fused-ring (bicyclic) bond motifs is 2. The van der Waals surface area contributed by atoms with Crippen molar-refractivity contribution in [3.05, 3.63) is 86.1 Å². The fourth-order valence-corrected chi connectivity index (χ4v) is 5.29. The van der Waals surface area contributed by atoms with E-state index >= 15 is 0 Å². The van der Waals surface area contributed by atoms with Crippen molar-refractivity contribution in [2.75, 3.05) is 26.8 Å². The zero-order valence-electron chi connectivity index (χ0n) is 29.7. The number of likely N-dealkylation sites (N-methyl/N-ethyl adjacent to an activating group) is 1. The van der Waals surface area contributed by atoms with E-state index in [2.05, 4.69) is 13.8 Å². The van der Waals surface area contributed by atoms with Crippen LogP contribution in [0.15, 0.2) is 45.6 Å². The molecule has 0 bridgehead atoms. The maximum atomic E-state index is 13.9. The first-order valence-corrected chi connectivity index (χ1v) is 18.2. The number of nitrogens with zero attached hydrogens (tertiary/aromatic N) is 2. The van der Waals surface area contributed by atoms with E-state index in [9.17, 15) is 14.4 Å². The zero-order chi connectivity index (χ0) is 38.5. The first-order chi connectivity index (χ1) is 24.0. The third-order valence-corrected chi connectivity index (χ3v) is 8.47. The van der Waals surface area contributed by atoms with Crippen molar-refractivity contribution in [3.63, 3.8) is 0 Å². The Morgan fingerprint density at radius 2 is 1.48 bits per heavy atom. The van der Waals surface area contributed by atoms with Gasteiger partial charge in [-0.15, -0.1) is 0 Å². The Morgan fingerprint density at radius 3 is 2.08 bits per heavy atom. The average molecular weight is 857 g/mol. The summed E-state index contributed by atoms with van der Waals surface area (Å²) in [5.74, 6) is -0.712. The predicted molar refractivity (Wildman–Crippen MR) is 208 cm³/mol. The number of ether oxygens (including phenoxy) is 1. The second-order valence-electron chi connectivity index (χ2n) is 11.9. The van der Waals surface area contributed by atoms with Crippen molar-refractivity contribution >= 4 is 78.3 Å². The minimum absolute atomic E-state index is 0. The molecule has 1 atom stereocenters. The summed E-state index contributed by atoms with van der Waals surface area (Å²) >= 11 is 25.8. The Hall–Kier alpha value is -2.44. The van der Waals surface area contributed by atoms with E-state index in [1.54, 1.807) is 40.0 Å². The number of esters is 1. The predicted octanol–water partition coefficient (Wildman–Crippen LogP) is 11.1. The Kier molecular flexibility index (Phi) is 20.8. The molecule has 1 unspecified atom stereocenters. The van der Waals surface area contributed by atoms with Gasteiger partial charge in [0, 0.05) is 47.8 Å². The number of halogens is 4. The van der Waals surface area contributed by atoms with E-state index in [0.29, 0.717) is 22.1 Å².